The van der Waals surface area contributed by atoms with Crippen LogP contribution in [-0.4, -0.2) is 25.8 Å². The van der Waals surface area contributed by atoms with Crippen molar-refractivity contribution in [3.63, 3.8) is 0 Å². The molecule has 0 spiro atoms. The van der Waals surface area contributed by atoms with Gasteiger partial charge in [0.1, 0.15) is 0 Å². The number of hydrogen-bond donors (Lipinski definition) is 1. The smallest absolute Gasteiger partial charge is 0.0623 e. The molecular formula is C15H29NO. The summed E-state index contributed by atoms with van der Waals surface area (Å²) in [7, 11) is 3.96. The third kappa shape index (κ3) is 3.03. The van der Waals surface area contributed by atoms with Crippen LogP contribution >= 0.6 is 0 Å². The third-order valence-corrected chi connectivity index (χ3v) is 5.29. The molecule has 2 bridgehead atoms. The molecule has 2 aliphatic rings. The second-order valence-corrected chi connectivity index (χ2v) is 6.74. The Morgan fingerprint density at radius 1 is 1.29 bits per heavy atom. The van der Waals surface area contributed by atoms with Gasteiger partial charge in [0, 0.05) is 13.2 Å². The molecule has 1 N–H and O–H groups in total. The lowest BCUT2D eigenvalue weighted by molar-refractivity contribution is 0.00946. The molecule has 0 aliphatic heterocycles. The standard InChI is InChI=1S/C15H29NO/c1-15(2,17-4)8-7-14(16-3)13-10-11-5-6-12(13)9-11/h11-14,16H,5-10H2,1-4H3. The highest BCUT2D eigenvalue weighted by molar-refractivity contribution is 4.95. The molecule has 0 aromatic carbocycles. The first-order valence-corrected chi connectivity index (χ1v) is 7.28. The molecule has 0 aromatic rings. The van der Waals surface area contributed by atoms with Crippen LogP contribution in [0.3, 0.4) is 0 Å². The topological polar surface area (TPSA) is 21.3 Å². The SMILES string of the molecule is CNC(CCC(C)(C)OC)C1CC2CCC1C2. The quantitative estimate of drug-likeness (QED) is 0.768. The maximum Gasteiger partial charge on any atom is 0.0623 e. The fraction of sp³-hybridized carbons (Fsp3) is 1.00. The first-order valence-electron chi connectivity index (χ1n) is 7.28. The second kappa shape index (κ2) is 5.27. The van der Waals surface area contributed by atoms with E-state index in [0.29, 0.717) is 6.04 Å². The fourth-order valence-corrected chi connectivity index (χ4v) is 3.96. The minimum absolute atomic E-state index is 0.0344. The van der Waals surface area contributed by atoms with E-state index in [2.05, 4.69) is 26.2 Å². The van der Waals surface area contributed by atoms with Gasteiger partial charge < -0.3 is 10.1 Å². The summed E-state index contributed by atoms with van der Waals surface area (Å²) in [5, 5.41) is 3.57. The van der Waals surface area contributed by atoms with Gasteiger partial charge in [0.05, 0.1) is 5.60 Å². The molecule has 0 amide bonds. The Hall–Kier alpha value is -0.0800. The van der Waals surface area contributed by atoms with Crippen molar-refractivity contribution in [2.45, 2.75) is 64.0 Å². The number of rotatable bonds is 6. The fourth-order valence-electron chi connectivity index (χ4n) is 3.96. The summed E-state index contributed by atoms with van der Waals surface area (Å²) < 4.78 is 5.53. The number of methoxy groups -OCH3 is 1. The highest BCUT2D eigenvalue weighted by atomic mass is 16.5. The van der Waals surface area contributed by atoms with Crippen molar-refractivity contribution in [3.8, 4) is 0 Å². The minimum atomic E-state index is 0.0344. The van der Waals surface area contributed by atoms with E-state index in [-0.39, 0.29) is 5.60 Å². The Morgan fingerprint density at radius 3 is 2.53 bits per heavy atom. The van der Waals surface area contributed by atoms with Crippen LogP contribution in [0.15, 0.2) is 0 Å². The lowest BCUT2D eigenvalue weighted by atomic mass is 9.80. The van der Waals surface area contributed by atoms with Crippen LogP contribution in [0.5, 0.6) is 0 Å². The Morgan fingerprint density at radius 2 is 2.06 bits per heavy atom. The van der Waals surface area contributed by atoms with E-state index < -0.39 is 0 Å². The van der Waals surface area contributed by atoms with Crippen molar-refractivity contribution in [1.29, 1.82) is 0 Å². The molecule has 0 heterocycles. The van der Waals surface area contributed by atoms with Gasteiger partial charge in [0.2, 0.25) is 0 Å². The van der Waals surface area contributed by atoms with Gasteiger partial charge in [-0.2, -0.15) is 0 Å². The number of ether oxygens (including phenoxy) is 1. The predicted molar refractivity (Wildman–Crippen MR) is 72.1 cm³/mol. The molecule has 4 atom stereocenters. The van der Waals surface area contributed by atoms with Crippen molar-refractivity contribution in [3.05, 3.63) is 0 Å². The Kier molecular flexibility index (Phi) is 4.14. The van der Waals surface area contributed by atoms with Crippen LogP contribution in [0, 0.1) is 17.8 Å². The molecule has 17 heavy (non-hydrogen) atoms. The monoisotopic (exact) mass is 239 g/mol. The minimum Gasteiger partial charge on any atom is -0.379 e. The Balaban J connectivity index is 1.85. The summed E-state index contributed by atoms with van der Waals surface area (Å²) >= 11 is 0. The van der Waals surface area contributed by atoms with Crippen LogP contribution in [0.2, 0.25) is 0 Å². The van der Waals surface area contributed by atoms with Gasteiger partial charge in [-0.25, -0.2) is 0 Å². The molecule has 2 aliphatic carbocycles. The van der Waals surface area contributed by atoms with Gasteiger partial charge in [-0.1, -0.05) is 6.42 Å². The average molecular weight is 239 g/mol. The highest BCUT2D eigenvalue weighted by Crippen LogP contribution is 2.50. The summed E-state index contributed by atoms with van der Waals surface area (Å²) in [6.45, 7) is 4.39. The third-order valence-electron chi connectivity index (χ3n) is 5.29. The summed E-state index contributed by atoms with van der Waals surface area (Å²) in [6, 6.07) is 0.708. The molecular weight excluding hydrogens is 210 g/mol. The van der Waals surface area contributed by atoms with Gasteiger partial charge in [0.25, 0.3) is 0 Å². The van der Waals surface area contributed by atoms with Gasteiger partial charge in [0.15, 0.2) is 0 Å². The van der Waals surface area contributed by atoms with E-state index >= 15 is 0 Å². The number of fused-ring (bicyclic) bond motifs is 2. The predicted octanol–water partition coefficient (Wildman–Crippen LogP) is 3.22. The maximum absolute atomic E-state index is 5.53. The zero-order valence-electron chi connectivity index (χ0n) is 12.0. The zero-order valence-corrected chi connectivity index (χ0v) is 12.0. The lowest BCUT2D eigenvalue weighted by Gasteiger charge is -2.33. The highest BCUT2D eigenvalue weighted by Gasteiger charge is 2.42. The maximum atomic E-state index is 5.53. The van der Waals surface area contributed by atoms with E-state index in [0.717, 1.165) is 24.2 Å². The van der Waals surface area contributed by atoms with Crippen LogP contribution in [0.1, 0.15) is 52.4 Å². The van der Waals surface area contributed by atoms with Gasteiger partial charge in [-0.15, -0.1) is 0 Å². The molecule has 2 nitrogen and oxygen atoms in total. The summed E-state index contributed by atoms with van der Waals surface area (Å²) in [5.41, 5.74) is 0.0344. The van der Waals surface area contributed by atoms with Crippen LogP contribution < -0.4 is 5.32 Å². The van der Waals surface area contributed by atoms with E-state index in [1.54, 1.807) is 0 Å². The molecule has 0 saturated heterocycles. The van der Waals surface area contributed by atoms with Crippen LogP contribution in [-0.2, 0) is 4.74 Å². The van der Waals surface area contributed by atoms with Crippen molar-refractivity contribution in [2.24, 2.45) is 17.8 Å². The Labute approximate surface area is 107 Å². The molecule has 2 rings (SSSR count). The molecule has 0 radical (unpaired) electrons. The zero-order chi connectivity index (χ0) is 12.5. The van der Waals surface area contributed by atoms with Crippen molar-refractivity contribution in [2.75, 3.05) is 14.2 Å². The number of hydrogen-bond acceptors (Lipinski definition) is 2. The molecule has 0 aromatic heterocycles. The molecule has 2 saturated carbocycles. The summed E-state index contributed by atoms with van der Waals surface area (Å²) in [5.74, 6) is 3.01. The van der Waals surface area contributed by atoms with Gasteiger partial charge >= 0.3 is 0 Å². The molecule has 4 unspecified atom stereocenters. The molecule has 2 heteroatoms. The first-order chi connectivity index (χ1) is 8.05. The number of nitrogens with one attached hydrogen (secondary N) is 1. The van der Waals surface area contributed by atoms with Gasteiger partial charge in [-0.3, -0.25) is 0 Å². The van der Waals surface area contributed by atoms with E-state index in [1.165, 1.54) is 32.1 Å². The van der Waals surface area contributed by atoms with Crippen molar-refractivity contribution >= 4 is 0 Å². The first kappa shape index (κ1) is 13.4. The second-order valence-electron chi connectivity index (χ2n) is 6.74. The largest absolute Gasteiger partial charge is 0.379 e. The van der Waals surface area contributed by atoms with Gasteiger partial charge in [-0.05, 0) is 70.8 Å². The summed E-state index contributed by atoms with van der Waals surface area (Å²) in [4.78, 5) is 0. The van der Waals surface area contributed by atoms with Crippen molar-refractivity contribution in [1.82, 2.24) is 5.32 Å². The summed E-state index contributed by atoms with van der Waals surface area (Å²) in [6.07, 6.45) is 8.39. The normalized spacial score (nSPS) is 34.2. The molecule has 100 valence electrons. The van der Waals surface area contributed by atoms with E-state index in [1.807, 2.05) is 7.11 Å². The Bertz CT molecular complexity index is 251. The molecule has 2 fully saturated rings. The van der Waals surface area contributed by atoms with E-state index in [4.69, 9.17) is 4.74 Å². The van der Waals surface area contributed by atoms with Crippen molar-refractivity contribution < 1.29 is 4.74 Å². The van der Waals surface area contributed by atoms with Crippen LogP contribution in [0.25, 0.3) is 0 Å². The average Bonchev–Trinajstić information content (AvgIpc) is 2.92. The lowest BCUT2D eigenvalue weighted by Crippen LogP contribution is -2.38. The van der Waals surface area contributed by atoms with E-state index in [9.17, 15) is 0 Å². The van der Waals surface area contributed by atoms with Crippen LogP contribution in [0.4, 0.5) is 0 Å².